The maximum absolute atomic E-state index is 13.1. The molecule has 1 saturated heterocycles. The number of carbonyl (C=O) groups excluding carboxylic acids is 2. The lowest BCUT2D eigenvalue weighted by atomic mass is 10.1. The molecule has 3 aromatic carbocycles. The molecule has 0 atom stereocenters. The Kier molecular flexibility index (Phi) is 5.51. The predicted molar refractivity (Wildman–Crippen MR) is 134 cm³/mol. The second kappa shape index (κ2) is 8.64. The molecule has 8 heteroatoms. The molecule has 168 valence electrons. The van der Waals surface area contributed by atoms with E-state index in [0.717, 1.165) is 39.5 Å². The highest BCUT2D eigenvalue weighted by Gasteiger charge is 2.36. The number of fused-ring (bicyclic) bond motifs is 1. The van der Waals surface area contributed by atoms with Crippen molar-refractivity contribution >= 4 is 51.3 Å². The summed E-state index contributed by atoms with van der Waals surface area (Å²) in [7, 11) is 0. The predicted octanol–water partition coefficient (Wildman–Crippen LogP) is 6.15. The van der Waals surface area contributed by atoms with Crippen LogP contribution in [0.3, 0.4) is 0 Å². The lowest BCUT2D eigenvalue weighted by Gasteiger charge is -2.11. The third kappa shape index (κ3) is 3.78. The summed E-state index contributed by atoms with van der Waals surface area (Å²) >= 11 is 0.932. The van der Waals surface area contributed by atoms with Gasteiger partial charge >= 0.3 is 0 Å². The smallest absolute Gasteiger partial charge is 0.298 e. The maximum Gasteiger partial charge on any atom is 0.298 e. The number of nitrogens with zero attached hydrogens (tertiary/aromatic N) is 3. The standard InChI is InChI=1S/C26H19N3O4S/c1-17-22(15-24-25(30)28(26(31)34-24)19-7-3-2-4-8-19)21-9-5-6-10-23(21)27(17)16-18-11-13-20(14-12-18)29(32)33/h2-15H,16H2,1H3/b24-15-. The molecule has 7 nitrogen and oxygen atoms in total. The van der Waals surface area contributed by atoms with Crippen LogP contribution in [0.5, 0.6) is 0 Å². The summed E-state index contributed by atoms with van der Waals surface area (Å²) in [4.78, 5) is 37.9. The number of anilines is 1. The molecule has 1 aliphatic rings. The number of hydrogen-bond donors (Lipinski definition) is 0. The van der Waals surface area contributed by atoms with E-state index < -0.39 is 4.92 Å². The van der Waals surface area contributed by atoms with E-state index in [1.165, 1.54) is 17.0 Å². The van der Waals surface area contributed by atoms with Crippen LogP contribution in [0.25, 0.3) is 17.0 Å². The maximum atomic E-state index is 13.1. The molecule has 1 aromatic heterocycles. The second-order valence-corrected chi connectivity index (χ2v) is 8.87. The first-order valence-corrected chi connectivity index (χ1v) is 11.4. The Morgan fingerprint density at radius 1 is 0.941 bits per heavy atom. The first-order valence-electron chi connectivity index (χ1n) is 10.6. The number of amides is 2. The molecule has 0 saturated carbocycles. The minimum atomic E-state index is -0.416. The lowest BCUT2D eigenvalue weighted by molar-refractivity contribution is -0.384. The van der Waals surface area contributed by atoms with Gasteiger partial charge in [-0.3, -0.25) is 19.7 Å². The van der Waals surface area contributed by atoms with Crippen LogP contribution in [0.4, 0.5) is 16.2 Å². The van der Waals surface area contributed by atoms with Crippen molar-refractivity contribution in [3.63, 3.8) is 0 Å². The van der Waals surface area contributed by atoms with Gasteiger partial charge in [-0.2, -0.15) is 0 Å². The van der Waals surface area contributed by atoms with Gasteiger partial charge in [-0.1, -0.05) is 48.5 Å². The first-order chi connectivity index (χ1) is 16.4. The molecule has 0 aliphatic carbocycles. The number of imide groups is 1. The van der Waals surface area contributed by atoms with Crippen LogP contribution in [0.1, 0.15) is 16.8 Å². The summed E-state index contributed by atoms with van der Waals surface area (Å²) in [5.74, 6) is -0.340. The van der Waals surface area contributed by atoms with Crippen LogP contribution in [0.2, 0.25) is 0 Å². The molecule has 0 N–H and O–H groups in total. The molecule has 0 bridgehead atoms. The lowest BCUT2D eigenvalue weighted by Crippen LogP contribution is -2.27. The van der Waals surface area contributed by atoms with E-state index in [1.54, 1.807) is 42.5 Å². The Bertz CT molecular complexity index is 1470. The largest absolute Gasteiger partial charge is 0.340 e. The van der Waals surface area contributed by atoms with Crippen molar-refractivity contribution < 1.29 is 14.5 Å². The monoisotopic (exact) mass is 469 g/mol. The fraction of sp³-hybridized carbons (Fsp3) is 0.0769. The van der Waals surface area contributed by atoms with Crippen molar-refractivity contribution in [2.75, 3.05) is 4.90 Å². The molecule has 2 heterocycles. The zero-order valence-electron chi connectivity index (χ0n) is 18.2. The number of thioether (sulfide) groups is 1. The van der Waals surface area contributed by atoms with Crippen molar-refractivity contribution in [3.05, 3.63) is 111 Å². The highest BCUT2D eigenvalue weighted by atomic mass is 32.2. The third-order valence-electron chi connectivity index (χ3n) is 5.85. The topological polar surface area (TPSA) is 85.5 Å². The van der Waals surface area contributed by atoms with Crippen LogP contribution < -0.4 is 4.90 Å². The average molecular weight is 470 g/mol. The van der Waals surface area contributed by atoms with E-state index in [9.17, 15) is 19.7 Å². The normalized spacial score (nSPS) is 15.0. The molecule has 1 fully saturated rings. The summed E-state index contributed by atoms with van der Waals surface area (Å²) in [5, 5.41) is 11.6. The average Bonchev–Trinajstić information content (AvgIpc) is 3.27. The van der Waals surface area contributed by atoms with Crippen LogP contribution in [0.15, 0.2) is 83.8 Å². The van der Waals surface area contributed by atoms with Gasteiger partial charge in [-0.15, -0.1) is 0 Å². The van der Waals surface area contributed by atoms with Crippen LogP contribution >= 0.6 is 11.8 Å². The molecule has 0 spiro atoms. The molecule has 1 aliphatic heterocycles. The Morgan fingerprint density at radius 2 is 1.62 bits per heavy atom. The number of rotatable bonds is 5. The van der Waals surface area contributed by atoms with E-state index in [4.69, 9.17) is 0 Å². The summed E-state index contributed by atoms with van der Waals surface area (Å²) in [6.45, 7) is 2.49. The SMILES string of the molecule is Cc1c(/C=C2\SC(=O)N(c3ccccc3)C2=O)c2ccccc2n1Cc1ccc([N+](=O)[O-])cc1. The van der Waals surface area contributed by atoms with Crippen molar-refractivity contribution in [1.29, 1.82) is 0 Å². The van der Waals surface area contributed by atoms with Gasteiger partial charge in [0.15, 0.2) is 0 Å². The van der Waals surface area contributed by atoms with E-state index in [1.807, 2.05) is 37.3 Å². The Morgan fingerprint density at radius 3 is 2.32 bits per heavy atom. The molecular weight excluding hydrogens is 450 g/mol. The molecular formula is C26H19N3O4S. The van der Waals surface area contributed by atoms with E-state index in [-0.39, 0.29) is 16.8 Å². The minimum Gasteiger partial charge on any atom is -0.340 e. The number of nitro groups is 1. The Hall–Kier alpha value is -4.17. The summed E-state index contributed by atoms with van der Waals surface area (Å²) in [6.07, 6.45) is 1.79. The van der Waals surface area contributed by atoms with Crippen molar-refractivity contribution in [3.8, 4) is 0 Å². The van der Waals surface area contributed by atoms with E-state index >= 15 is 0 Å². The van der Waals surface area contributed by atoms with Gasteiger partial charge in [0.1, 0.15) is 0 Å². The van der Waals surface area contributed by atoms with Crippen LogP contribution in [-0.4, -0.2) is 20.6 Å². The van der Waals surface area contributed by atoms with Crippen molar-refractivity contribution in [2.45, 2.75) is 13.5 Å². The van der Waals surface area contributed by atoms with Crippen molar-refractivity contribution in [2.24, 2.45) is 0 Å². The van der Waals surface area contributed by atoms with Gasteiger partial charge < -0.3 is 4.57 Å². The quantitative estimate of drug-likeness (QED) is 0.199. The van der Waals surface area contributed by atoms with Gasteiger partial charge in [0.2, 0.25) is 0 Å². The fourth-order valence-electron chi connectivity index (χ4n) is 4.15. The second-order valence-electron chi connectivity index (χ2n) is 7.88. The van der Waals surface area contributed by atoms with Gasteiger partial charge in [0.05, 0.1) is 15.5 Å². The molecule has 0 unspecified atom stereocenters. The number of aromatic nitrogens is 1. The van der Waals surface area contributed by atoms with Crippen molar-refractivity contribution in [1.82, 2.24) is 4.57 Å². The number of benzene rings is 3. The highest BCUT2D eigenvalue weighted by molar-refractivity contribution is 8.19. The van der Waals surface area contributed by atoms with E-state index in [2.05, 4.69) is 4.57 Å². The molecule has 4 aromatic rings. The first kappa shape index (κ1) is 21.7. The van der Waals surface area contributed by atoms with Gasteiger partial charge in [0.25, 0.3) is 16.8 Å². The zero-order valence-corrected chi connectivity index (χ0v) is 19.0. The molecule has 0 radical (unpaired) electrons. The highest BCUT2D eigenvalue weighted by Crippen LogP contribution is 2.38. The summed E-state index contributed by atoms with van der Waals surface area (Å²) in [6, 6.07) is 23.2. The number of carbonyl (C=O) groups is 2. The number of nitro benzene ring substituents is 1. The van der Waals surface area contributed by atoms with Gasteiger partial charge in [-0.25, -0.2) is 4.90 Å². The van der Waals surface area contributed by atoms with Crippen LogP contribution in [-0.2, 0) is 11.3 Å². The zero-order chi connectivity index (χ0) is 23.8. The van der Waals surface area contributed by atoms with Crippen LogP contribution in [0, 0.1) is 17.0 Å². The summed E-state index contributed by atoms with van der Waals surface area (Å²) < 4.78 is 2.11. The van der Waals surface area contributed by atoms with Gasteiger partial charge in [0, 0.05) is 40.8 Å². The molecule has 34 heavy (non-hydrogen) atoms. The van der Waals surface area contributed by atoms with Gasteiger partial charge in [-0.05, 0) is 48.5 Å². The number of hydrogen-bond acceptors (Lipinski definition) is 5. The number of non-ortho nitro benzene ring substituents is 1. The Balaban J connectivity index is 1.54. The Labute approximate surface area is 199 Å². The number of para-hydroxylation sites is 2. The fourth-order valence-corrected chi connectivity index (χ4v) is 4.97. The molecule has 5 rings (SSSR count). The summed E-state index contributed by atoms with van der Waals surface area (Å²) in [5.41, 5.74) is 4.30. The minimum absolute atomic E-state index is 0.0488. The third-order valence-corrected chi connectivity index (χ3v) is 6.72. The molecule has 2 amide bonds. The van der Waals surface area contributed by atoms with E-state index in [0.29, 0.717) is 17.1 Å².